The Hall–Kier alpha value is -1.96. The fourth-order valence-corrected chi connectivity index (χ4v) is 2.44. The number of carbonyl (C=O) groups is 1. The first-order valence-electron chi connectivity index (χ1n) is 5.70. The largest absolute Gasteiger partial charge is 0.478 e. The van der Waals surface area contributed by atoms with Crippen LogP contribution in [-0.4, -0.2) is 46.0 Å². The second-order valence-electron chi connectivity index (χ2n) is 4.03. The molecule has 2 aromatic rings. The molecule has 0 fully saturated rings. The van der Waals surface area contributed by atoms with Gasteiger partial charge in [0.1, 0.15) is 5.52 Å². The molecular weight excluding hydrogens is 270 g/mol. The molecule has 102 valence electrons. The lowest BCUT2D eigenvalue weighted by molar-refractivity contribution is 0.0699. The van der Waals surface area contributed by atoms with Crippen LogP contribution in [0.5, 0.6) is 0 Å². The number of hydrogen-bond acceptors (Lipinski definition) is 5. The number of benzene rings is 1. The van der Waals surface area contributed by atoms with Gasteiger partial charge >= 0.3 is 5.97 Å². The first kappa shape index (κ1) is 13.5. The predicted octanol–water partition coefficient (Wildman–Crippen LogP) is 0.564. The molecule has 1 N–H and O–H groups in total. The predicted molar refractivity (Wildman–Crippen MR) is 68.8 cm³/mol. The standard InChI is InChI=1S/C11H13N3O4S/c1-2-19(17,18)7-6-14-9-5-3-4-8(11(15)16)10(9)12-13-14/h3-5H,2,6-7H2,1H3,(H,15,16). The van der Waals surface area contributed by atoms with E-state index in [1.165, 1.54) is 10.7 Å². The Morgan fingerprint density at radius 1 is 1.42 bits per heavy atom. The van der Waals surface area contributed by atoms with E-state index in [0.29, 0.717) is 5.52 Å². The minimum absolute atomic E-state index is 0.0424. The molecule has 1 aromatic heterocycles. The summed E-state index contributed by atoms with van der Waals surface area (Å²) in [7, 11) is -3.10. The second-order valence-corrected chi connectivity index (χ2v) is 6.50. The van der Waals surface area contributed by atoms with Crippen LogP contribution in [0.3, 0.4) is 0 Å². The molecule has 0 atom stereocenters. The van der Waals surface area contributed by atoms with Crippen LogP contribution in [0, 0.1) is 0 Å². The van der Waals surface area contributed by atoms with Crippen molar-refractivity contribution in [2.45, 2.75) is 13.5 Å². The normalized spacial score (nSPS) is 11.8. The highest BCUT2D eigenvalue weighted by Crippen LogP contribution is 2.16. The summed E-state index contributed by atoms with van der Waals surface area (Å²) in [6.45, 7) is 1.74. The third-order valence-corrected chi connectivity index (χ3v) is 4.51. The molecule has 0 aliphatic heterocycles. The van der Waals surface area contributed by atoms with Crippen molar-refractivity contribution < 1.29 is 18.3 Å². The van der Waals surface area contributed by atoms with Crippen LogP contribution < -0.4 is 0 Å². The number of aromatic nitrogens is 3. The summed E-state index contributed by atoms with van der Waals surface area (Å²) >= 11 is 0. The monoisotopic (exact) mass is 283 g/mol. The molecule has 0 saturated heterocycles. The zero-order chi connectivity index (χ0) is 14.0. The van der Waals surface area contributed by atoms with Gasteiger partial charge in [-0.3, -0.25) is 0 Å². The quantitative estimate of drug-likeness (QED) is 0.860. The Morgan fingerprint density at radius 2 is 2.16 bits per heavy atom. The van der Waals surface area contributed by atoms with Crippen molar-refractivity contribution in [3.8, 4) is 0 Å². The van der Waals surface area contributed by atoms with E-state index >= 15 is 0 Å². The molecular formula is C11H13N3O4S. The molecule has 1 heterocycles. The molecule has 0 saturated carbocycles. The Labute approximate surface area is 109 Å². The number of nitrogens with zero attached hydrogens (tertiary/aromatic N) is 3. The van der Waals surface area contributed by atoms with Crippen molar-refractivity contribution in [1.29, 1.82) is 0 Å². The number of sulfone groups is 1. The SMILES string of the molecule is CCS(=O)(=O)CCn1nnc2c(C(=O)O)cccc21. The molecule has 1 aromatic carbocycles. The van der Waals surface area contributed by atoms with Crippen LogP contribution in [0.4, 0.5) is 0 Å². The number of carboxylic acids is 1. The van der Waals surface area contributed by atoms with Gasteiger partial charge in [0.15, 0.2) is 9.84 Å². The second kappa shape index (κ2) is 4.96. The number of aryl methyl sites for hydroxylation is 1. The molecule has 0 bridgehead atoms. The van der Waals surface area contributed by atoms with E-state index in [2.05, 4.69) is 10.3 Å². The minimum atomic E-state index is -3.10. The van der Waals surface area contributed by atoms with E-state index in [4.69, 9.17) is 5.11 Å². The maximum atomic E-state index is 11.5. The minimum Gasteiger partial charge on any atom is -0.478 e. The Morgan fingerprint density at radius 3 is 2.79 bits per heavy atom. The van der Waals surface area contributed by atoms with E-state index in [-0.39, 0.29) is 29.1 Å². The number of hydrogen-bond donors (Lipinski definition) is 1. The van der Waals surface area contributed by atoms with E-state index in [9.17, 15) is 13.2 Å². The summed E-state index contributed by atoms with van der Waals surface area (Å²) in [4.78, 5) is 11.0. The zero-order valence-electron chi connectivity index (χ0n) is 10.3. The van der Waals surface area contributed by atoms with Crippen molar-refractivity contribution in [3.63, 3.8) is 0 Å². The summed E-state index contributed by atoms with van der Waals surface area (Å²) in [5.41, 5.74) is 0.845. The Bertz CT molecular complexity index is 721. The fraction of sp³-hybridized carbons (Fsp3) is 0.364. The highest BCUT2D eigenvalue weighted by molar-refractivity contribution is 7.91. The average Bonchev–Trinajstić information content (AvgIpc) is 2.79. The third kappa shape index (κ3) is 2.73. The molecule has 0 radical (unpaired) electrons. The first-order chi connectivity index (χ1) is 8.94. The Balaban J connectivity index is 2.36. The summed E-state index contributed by atoms with van der Waals surface area (Å²) < 4.78 is 24.3. The highest BCUT2D eigenvalue weighted by Gasteiger charge is 2.15. The van der Waals surface area contributed by atoms with Gasteiger partial charge in [0.25, 0.3) is 0 Å². The molecule has 2 rings (SSSR count). The molecule has 0 spiro atoms. The van der Waals surface area contributed by atoms with Gasteiger partial charge < -0.3 is 5.11 Å². The van der Waals surface area contributed by atoms with Gasteiger partial charge in [-0.05, 0) is 12.1 Å². The van der Waals surface area contributed by atoms with Gasteiger partial charge in [-0.15, -0.1) is 5.10 Å². The van der Waals surface area contributed by atoms with Crippen LogP contribution in [0.1, 0.15) is 17.3 Å². The van der Waals surface area contributed by atoms with Gasteiger partial charge in [0, 0.05) is 5.75 Å². The number of fused-ring (bicyclic) bond motifs is 1. The van der Waals surface area contributed by atoms with Crippen molar-refractivity contribution in [3.05, 3.63) is 23.8 Å². The molecule has 8 heteroatoms. The average molecular weight is 283 g/mol. The van der Waals surface area contributed by atoms with Crippen molar-refractivity contribution in [2.75, 3.05) is 11.5 Å². The molecule has 0 aliphatic carbocycles. The zero-order valence-corrected chi connectivity index (χ0v) is 11.1. The topological polar surface area (TPSA) is 102 Å². The van der Waals surface area contributed by atoms with Crippen molar-refractivity contribution in [1.82, 2.24) is 15.0 Å². The van der Waals surface area contributed by atoms with Crippen molar-refractivity contribution >= 4 is 26.8 Å². The smallest absolute Gasteiger partial charge is 0.338 e. The summed E-state index contributed by atoms with van der Waals surface area (Å²) in [6.07, 6.45) is 0. The first-order valence-corrected chi connectivity index (χ1v) is 7.52. The van der Waals surface area contributed by atoms with Crippen LogP contribution in [0.2, 0.25) is 0 Å². The lowest BCUT2D eigenvalue weighted by atomic mass is 10.2. The molecule has 0 amide bonds. The lowest BCUT2D eigenvalue weighted by Crippen LogP contribution is -2.15. The molecule has 7 nitrogen and oxygen atoms in total. The number of aromatic carboxylic acids is 1. The maximum absolute atomic E-state index is 11.5. The third-order valence-electron chi connectivity index (χ3n) is 2.83. The lowest BCUT2D eigenvalue weighted by Gasteiger charge is -2.02. The van der Waals surface area contributed by atoms with E-state index in [0.717, 1.165) is 0 Å². The fourth-order valence-electron chi connectivity index (χ4n) is 1.70. The molecule has 19 heavy (non-hydrogen) atoms. The van der Waals surface area contributed by atoms with Gasteiger partial charge in [0.2, 0.25) is 0 Å². The summed E-state index contributed by atoms with van der Waals surface area (Å²) in [6, 6.07) is 4.69. The van der Waals surface area contributed by atoms with Gasteiger partial charge in [-0.2, -0.15) is 0 Å². The summed E-state index contributed by atoms with van der Waals surface area (Å²) in [5.74, 6) is -1.06. The molecule has 0 aliphatic rings. The Kier molecular flexibility index (Phi) is 3.52. The molecule has 0 unspecified atom stereocenters. The highest BCUT2D eigenvalue weighted by atomic mass is 32.2. The van der Waals surface area contributed by atoms with E-state index < -0.39 is 15.8 Å². The van der Waals surface area contributed by atoms with Crippen LogP contribution in [0.25, 0.3) is 11.0 Å². The van der Waals surface area contributed by atoms with Gasteiger partial charge in [-0.1, -0.05) is 18.2 Å². The van der Waals surface area contributed by atoms with Crippen LogP contribution >= 0.6 is 0 Å². The van der Waals surface area contributed by atoms with Gasteiger partial charge in [-0.25, -0.2) is 17.9 Å². The van der Waals surface area contributed by atoms with Gasteiger partial charge in [0.05, 0.1) is 23.4 Å². The van der Waals surface area contributed by atoms with Crippen LogP contribution in [0.15, 0.2) is 18.2 Å². The summed E-state index contributed by atoms with van der Waals surface area (Å²) in [5, 5.41) is 16.6. The van der Waals surface area contributed by atoms with E-state index in [1.807, 2.05) is 0 Å². The van der Waals surface area contributed by atoms with E-state index in [1.54, 1.807) is 19.1 Å². The van der Waals surface area contributed by atoms with Crippen LogP contribution in [-0.2, 0) is 16.4 Å². The van der Waals surface area contributed by atoms with Crippen molar-refractivity contribution in [2.24, 2.45) is 0 Å². The number of carboxylic acid groups (broad SMARTS) is 1. The maximum Gasteiger partial charge on any atom is 0.338 e. The number of rotatable bonds is 5.